The molecule has 0 bridgehead atoms. The van der Waals surface area contributed by atoms with E-state index in [4.69, 9.17) is 11.6 Å². The molecule has 7 heteroatoms. The minimum Gasteiger partial charge on any atom is -0.280 e. The second kappa shape index (κ2) is 5.26. The van der Waals surface area contributed by atoms with Gasteiger partial charge >= 0.3 is 0 Å². The zero-order chi connectivity index (χ0) is 13.2. The summed E-state index contributed by atoms with van der Waals surface area (Å²) in [7, 11) is -3.63. The number of nitrogens with zero attached hydrogens (tertiary/aromatic N) is 1. The van der Waals surface area contributed by atoms with E-state index in [-0.39, 0.29) is 4.90 Å². The molecule has 4 nitrogen and oxygen atoms in total. The predicted octanol–water partition coefficient (Wildman–Crippen LogP) is 3.30. The lowest BCUT2D eigenvalue weighted by Crippen LogP contribution is -2.13. The van der Waals surface area contributed by atoms with Crippen molar-refractivity contribution in [2.45, 2.75) is 4.90 Å². The first-order chi connectivity index (χ1) is 8.47. The summed E-state index contributed by atoms with van der Waals surface area (Å²) < 4.78 is 27.1. The van der Waals surface area contributed by atoms with Gasteiger partial charge in [-0.15, -0.1) is 0 Å². The Morgan fingerprint density at radius 1 is 1.17 bits per heavy atom. The van der Waals surface area contributed by atoms with Crippen molar-refractivity contribution >= 4 is 43.2 Å². The number of pyridine rings is 1. The molecule has 1 aromatic carbocycles. The highest BCUT2D eigenvalue weighted by molar-refractivity contribution is 9.10. The normalized spacial score (nSPS) is 11.2. The predicted molar refractivity (Wildman–Crippen MR) is 74.2 cm³/mol. The third-order valence-electron chi connectivity index (χ3n) is 2.09. The highest BCUT2D eigenvalue weighted by Gasteiger charge is 2.14. The van der Waals surface area contributed by atoms with Crippen LogP contribution in [-0.4, -0.2) is 13.4 Å². The van der Waals surface area contributed by atoms with Gasteiger partial charge in [-0.25, -0.2) is 8.42 Å². The van der Waals surface area contributed by atoms with E-state index in [0.29, 0.717) is 15.2 Å². The monoisotopic (exact) mass is 346 g/mol. The SMILES string of the molecule is O=S(=O)(Nc1ccc(Cl)cc1)c1cncc(Br)c1. The second-order valence-electron chi connectivity index (χ2n) is 3.45. The lowest BCUT2D eigenvalue weighted by Gasteiger charge is -2.07. The molecule has 2 aromatic rings. The van der Waals surface area contributed by atoms with Crippen LogP contribution in [0.3, 0.4) is 0 Å². The van der Waals surface area contributed by atoms with E-state index in [0.717, 1.165) is 0 Å². The van der Waals surface area contributed by atoms with Crippen molar-refractivity contribution in [3.63, 3.8) is 0 Å². The summed E-state index contributed by atoms with van der Waals surface area (Å²) in [5, 5.41) is 0.544. The topological polar surface area (TPSA) is 59.1 Å². The number of nitrogens with one attached hydrogen (secondary N) is 1. The number of hydrogen-bond acceptors (Lipinski definition) is 3. The van der Waals surface area contributed by atoms with Gasteiger partial charge in [0.15, 0.2) is 0 Å². The van der Waals surface area contributed by atoms with Crippen LogP contribution in [0.4, 0.5) is 5.69 Å². The summed E-state index contributed by atoms with van der Waals surface area (Å²) in [5.41, 5.74) is 0.444. The molecule has 0 aliphatic heterocycles. The summed E-state index contributed by atoms with van der Waals surface area (Å²) in [5.74, 6) is 0. The highest BCUT2D eigenvalue weighted by atomic mass is 79.9. The smallest absolute Gasteiger partial charge is 0.263 e. The average molecular weight is 348 g/mol. The standard InChI is InChI=1S/C11H8BrClN2O2S/c12-8-5-11(7-14-6-8)18(16,17)15-10-3-1-9(13)2-4-10/h1-7,15H. The summed E-state index contributed by atoms with van der Waals surface area (Å²) in [6, 6.07) is 7.87. The van der Waals surface area contributed by atoms with Crippen molar-refractivity contribution in [1.82, 2.24) is 4.98 Å². The fraction of sp³-hybridized carbons (Fsp3) is 0. The molecule has 0 aliphatic rings. The Morgan fingerprint density at radius 2 is 1.83 bits per heavy atom. The van der Waals surface area contributed by atoms with Crippen molar-refractivity contribution < 1.29 is 8.42 Å². The van der Waals surface area contributed by atoms with Crippen molar-refractivity contribution in [2.24, 2.45) is 0 Å². The van der Waals surface area contributed by atoms with E-state index in [1.165, 1.54) is 18.5 Å². The van der Waals surface area contributed by atoms with Crippen LogP contribution in [0.25, 0.3) is 0 Å². The molecule has 0 saturated carbocycles. The van der Waals surface area contributed by atoms with Gasteiger partial charge in [0.1, 0.15) is 4.90 Å². The maximum absolute atomic E-state index is 12.0. The molecular weight excluding hydrogens is 340 g/mol. The molecule has 0 aliphatic carbocycles. The molecule has 1 N–H and O–H groups in total. The van der Waals surface area contributed by atoms with Crippen LogP contribution < -0.4 is 4.72 Å². The first-order valence-electron chi connectivity index (χ1n) is 4.86. The molecular formula is C11H8BrClN2O2S. The summed E-state index contributed by atoms with van der Waals surface area (Å²) in [6.45, 7) is 0. The van der Waals surface area contributed by atoms with Crippen LogP contribution in [0.2, 0.25) is 5.02 Å². The van der Waals surface area contributed by atoms with Crippen LogP contribution in [0.1, 0.15) is 0 Å². The van der Waals surface area contributed by atoms with Gasteiger partial charge in [0.25, 0.3) is 10.0 Å². The Morgan fingerprint density at radius 3 is 2.44 bits per heavy atom. The Balaban J connectivity index is 2.30. The molecule has 94 valence electrons. The number of sulfonamides is 1. The molecule has 0 fully saturated rings. The Labute approximate surface area is 118 Å². The molecule has 0 amide bonds. The number of aromatic nitrogens is 1. The van der Waals surface area contributed by atoms with Gasteiger partial charge in [0.2, 0.25) is 0 Å². The van der Waals surface area contributed by atoms with E-state index in [2.05, 4.69) is 25.6 Å². The summed E-state index contributed by atoms with van der Waals surface area (Å²) in [6.07, 6.45) is 2.80. The van der Waals surface area contributed by atoms with Gasteiger partial charge in [-0.2, -0.15) is 0 Å². The number of anilines is 1. The minimum atomic E-state index is -3.63. The largest absolute Gasteiger partial charge is 0.280 e. The Bertz CT molecular complexity index is 659. The van der Waals surface area contributed by atoms with E-state index in [1.54, 1.807) is 24.3 Å². The number of rotatable bonds is 3. The first kappa shape index (κ1) is 13.3. The number of hydrogen-bond donors (Lipinski definition) is 1. The van der Waals surface area contributed by atoms with Gasteiger partial charge in [0, 0.05) is 27.6 Å². The maximum Gasteiger partial charge on any atom is 0.263 e. The van der Waals surface area contributed by atoms with Crippen LogP contribution in [0.15, 0.2) is 52.1 Å². The maximum atomic E-state index is 12.0. The zero-order valence-electron chi connectivity index (χ0n) is 8.97. The Hall–Kier alpha value is -1.11. The van der Waals surface area contributed by atoms with Crippen molar-refractivity contribution in [1.29, 1.82) is 0 Å². The average Bonchev–Trinajstić information content (AvgIpc) is 2.32. The van der Waals surface area contributed by atoms with E-state index >= 15 is 0 Å². The van der Waals surface area contributed by atoms with Crippen molar-refractivity contribution in [3.8, 4) is 0 Å². The minimum absolute atomic E-state index is 0.0897. The van der Waals surface area contributed by atoms with Crippen LogP contribution in [0.5, 0.6) is 0 Å². The Kier molecular flexibility index (Phi) is 3.89. The van der Waals surface area contributed by atoms with E-state index in [1.807, 2.05) is 0 Å². The van der Waals surface area contributed by atoms with Gasteiger partial charge in [-0.05, 0) is 46.3 Å². The van der Waals surface area contributed by atoms with E-state index in [9.17, 15) is 8.42 Å². The van der Waals surface area contributed by atoms with Crippen LogP contribution >= 0.6 is 27.5 Å². The van der Waals surface area contributed by atoms with Crippen molar-refractivity contribution in [3.05, 3.63) is 52.2 Å². The van der Waals surface area contributed by atoms with Crippen LogP contribution in [0, 0.1) is 0 Å². The van der Waals surface area contributed by atoms with Gasteiger partial charge < -0.3 is 0 Å². The van der Waals surface area contributed by atoms with Crippen molar-refractivity contribution in [2.75, 3.05) is 4.72 Å². The molecule has 0 unspecified atom stereocenters. The van der Waals surface area contributed by atoms with Gasteiger partial charge in [0.05, 0.1) is 0 Å². The number of benzene rings is 1. The molecule has 0 spiro atoms. The lowest BCUT2D eigenvalue weighted by atomic mass is 10.3. The molecule has 1 aromatic heterocycles. The molecule has 2 rings (SSSR count). The molecule has 0 saturated heterocycles. The third kappa shape index (κ3) is 3.22. The summed E-state index contributed by atoms with van der Waals surface area (Å²) >= 11 is 8.90. The summed E-state index contributed by atoms with van der Waals surface area (Å²) in [4.78, 5) is 3.91. The van der Waals surface area contributed by atoms with Gasteiger partial charge in [-0.3, -0.25) is 9.71 Å². The molecule has 1 heterocycles. The fourth-order valence-electron chi connectivity index (χ4n) is 1.27. The highest BCUT2D eigenvalue weighted by Crippen LogP contribution is 2.19. The zero-order valence-corrected chi connectivity index (χ0v) is 12.1. The lowest BCUT2D eigenvalue weighted by molar-refractivity contribution is 0.600. The number of halogens is 2. The van der Waals surface area contributed by atoms with Gasteiger partial charge in [-0.1, -0.05) is 11.6 Å². The third-order valence-corrected chi connectivity index (χ3v) is 4.12. The molecule has 18 heavy (non-hydrogen) atoms. The molecule has 0 atom stereocenters. The molecule has 0 radical (unpaired) electrons. The van der Waals surface area contributed by atoms with Crippen LogP contribution in [-0.2, 0) is 10.0 Å². The second-order valence-corrected chi connectivity index (χ2v) is 6.49. The van der Waals surface area contributed by atoms with E-state index < -0.39 is 10.0 Å². The fourth-order valence-corrected chi connectivity index (χ4v) is 2.96. The quantitative estimate of drug-likeness (QED) is 0.927. The first-order valence-corrected chi connectivity index (χ1v) is 7.52.